The van der Waals surface area contributed by atoms with Gasteiger partial charge in [-0.2, -0.15) is 0 Å². The molecule has 3 fully saturated rings. The zero-order valence-electron chi connectivity index (χ0n) is 25.6. The fourth-order valence-corrected chi connectivity index (χ4v) is 7.30. The van der Waals surface area contributed by atoms with E-state index in [0.29, 0.717) is 5.92 Å². The van der Waals surface area contributed by atoms with Crippen LogP contribution in [0.25, 0.3) is 0 Å². The molecule has 2 N–H and O–H groups in total. The lowest BCUT2D eigenvalue weighted by atomic mass is 9.91. The average Bonchev–Trinajstić information content (AvgIpc) is 3.36. The second kappa shape index (κ2) is 15.4. The summed E-state index contributed by atoms with van der Waals surface area (Å²) >= 11 is 1.48. The van der Waals surface area contributed by atoms with E-state index in [9.17, 15) is 19.5 Å². The lowest BCUT2D eigenvalue weighted by Gasteiger charge is -2.33. The molecule has 0 unspecified atom stereocenters. The van der Waals surface area contributed by atoms with Gasteiger partial charge in [-0.25, -0.2) is 4.79 Å². The van der Waals surface area contributed by atoms with Crippen LogP contribution < -0.4 is 5.32 Å². The van der Waals surface area contributed by atoms with Crippen LogP contribution in [-0.4, -0.2) is 92.8 Å². The van der Waals surface area contributed by atoms with Crippen molar-refractivity contribution < 1.29 is 24.2 Å². The van der Waals surface area contributed by atoms with E-state index in [2.05, 4.69) is 34.5 Å². The van der Waals surface area contributed by atoms with Crippen molar-refractivity contribution in [3.05, 3.63) is 35.9 Å². The van der Waals surface area contributed by atoms with Gasteiger partial charge in [0.1, 0.15) is 11.6 Å². The number of nitrogens with one attached hydrogen (secondary N) is 1. The van der Waals surface area contributed by atoms with Gasteiger partial charge in [0.15, 0.2) is 0 Å². The summed E-state index contributed by atoms with van der Waals surface area (Å²) in [5.41, 5.74) is 0.596. The molecule has 1 aliphatic carbocycles. The summed E-state index contributed by atoms with van der Waals surface area (Å²) < 4.78 is 7.22. The Bertz CT molecular complexity index is 1020. The molecule has 1 aromatic rings. The molecule has 2 saturated heterocycles. The minimum atomic E-state index is -0.800. The third-order valence-corrected chi connectivity index (χ3v) is 9.67. The normalized spacial score (nSPS) is 22.6. The van der Waals surface area contributed by atoms with Gasteiger partial charge >= 0.3 is 6.09 Å². The van der Waals surface area contributed by atoms with Gasteiger partial charge in [0.25, 0.3) is 5.91 Å². The smallest absolute Gasteiger partial charge is 0.411 e. The molecule has 42 heavy (non-hydrogen) atoms. The first kappa shape index (κ1) is 32.6. The van der Waals surface area contributed by atoms with Crippen LogP contribution in [0.15, 0.2) is 30.3 Å². The van der Waals surface area contributed by atoms with E-state index in [0.717, 1.165) is 51.1 Å². The van der Waals surface area contributed by atoms with E-state index in [1.165, 1.54) is 41.7 Å². The van der Waals surface area contributed by atoms with E-state index >= 15 is 0 Å². The maximum Gasteiger partial charge on any atom is 0.411 e. The fourth-order valence-electron chi connectivity index (χ4n) is 6.10. The lowest BCUT2D eigenvalue weighted by Crippen LogP contribution is -2.48. The number of benzene rings is 1. The van der Waals surface area contributed by atoms with Crippen LogP contribution in [-0.2, 0) is 20.9 Å². The molecule has 234 valence electrons. The van der Waals surface area contributed by atoms with Gasteiger partial charge in [-0.05, 0) is 69.9 Å². The zero-order chi connectivity index (χ0) is 30.1. The molecule has 0 aromatic heterocycles. The average molecular weight is 603 g/mol. The summed E-state index contributed by atoms with van der Waals surface area (Å²) in [6.07, 6.45) is 6.82. The van der Waals surface area contributed by atoms with Gasteiger partial charge in [0.05, 0.1) is 12.6 Å². The first-order valence-electron chi connectivity index (χ1n) is 15.7. The molecule has 1 saturated carbocycles. The monoisotopic (exact) mass is 602 g/mol. The van der Waals surface area contributed by atoms with Crippen LogP contribution in [0.1, 0.15) is 84.1 Å². The van der Waals surface area contributed by atoms with Crippen LogP contribution in [0.2, 0.25) is 0 Å². The Kier molecular flexibility index (Phi) is 12.0. The Morgan fingerprint density at radius 3 is 2.40 bits per heavy atom. The van der Waals surface area contributed by atoms with Crippen molar-refractivity contribution in [2.75, 3.05) is 31.9 Å². The van der Waals surface area contributed by atoms with Gasteiger partial charge in [-0.15, -0.1) is 0 Å². The molecule has 0 spiro atoms. The quantitative estimate of drug-likeness (QED) is 0.378. The molecule has 3 aliphatic rings. The molecule has 0 radical (unpaired) electrons. The SMILES string of the molecule is CC(C)(C)OC(=O)N1C[C@H](O)C[C@@H]1C(=O)N(CCC(=O)NC1CCN(Cc2ccccc2)CC1)SCC1CCCCC1. The molecule has 4 rings (SSSR count). The van der Waals surface area contributed by atoms with Crippen molar-refractivity contribution in [2.24, 2.45) is 5.92 Å². The number of β-amino-alcohol motifs (C(OH)–C–C–N with tert-alkyl or cyclic N) is 1. The minimum absolute atomic E-state index is 0.0527. The molecule has 0 bridgehead atoms. The Morgan fingerprint density at radius 1 is 1.05 bits per heavy atom. The standard InChI is InChI=1S/C32H50N4O5S/c1-32(2,3)41-31(40)35-22-27(37)20-28(35)30(39)36(42-23-25-12-8-5-9-13-25)19-16-29(38)33-26-14-17-34(18-15-26)21-24-10-6-4-7-11-24/h4,6-7,10-11,25-28,37H,5,8-9,12-23H2,1-3H3,(H,33,38)/t27-,28-/m1/s1. The van der Waals surface area contributed by atoms with Crippen molar-refractivity contribution >= 4 is 29.9 Å². The van der Waals surface area contributed by atoms with Crippen molar-refractivity contribution in [1.82, 2.24) is 19.4 Å². The molecule has 2 atom stereocenters. The molecular weight excluding hydrogens is 552 g/mol. The Labute approximate surface area is 255 Å². The van der Waals surface area contributed by atoms with Crippen LogP contribution >= 0.6 is 11.9 Å². The summed E-state index contributed by atoms with van der Waals surface area (Å²) in [6.45, 7) is 8.48. The van der Waals surface area contributed by atoms with Crippen molar-refractivity contribution in [1.29, 1.82) is 0 Å². The molecule has 3 amide bonds. The number of aliphatic hydroxyl groups is 1. The van der Waals surface area contributed by atoms with Crippen molar-refractivity contribution in [3.8, 4) is 0 Å². The van der Waals surface area contributed by atoms with Gasteiger partial charge in [0.2, 0.25) is 5.91 Å². The van der Waals surface area contributed by atoms with E-state index in [4.69, 9.17) is 4.74 Å². The maximum atomic E-state index is 13.8. The number of carbonyl (C=O) groups excluding carboxylic acids is 3. The summed E-state index contributed by atoms with van der Waals surface area (Å²) in [4.78, 5) is 43.6. The third-order valence-electron chi connectivity index (χ3n) is 8.37. The van der Waals surface area contributed by atoms with Crippen molar-refractivity contribution in [3.63, 3.8) is 0 Å². The fraction of sp³-hybridized carbons (Fsp3) is 0.719. The second-order valence-electron chi connectivity index (χ2n) is 13.1. The first-order valence-corrected chi connectivity index (χ1v) is 16.7. The van der Waals surface area contributed by atoms with Gasteiger partial charge in [0, 0.05) is 50.8 Å². The lowest BCUT2D eigenvalue weighted by molar-refractivity contribution is -0.131. The number of hydrogen-bond donors (Lipinski definition) is 2. The number of hydrogen-bond acceptors (Lipinski definition) is 7. The second-order valence-corrected chi connectivity index (χ2v) is 14.2. The molecular formula is C32H50N4O5S. The Morgan fingerprint density at radius 2 is 1.74 bits per heavy atom. The summed E-state index contributed by atoms with van der Waals surface area (Å²) in [5.74, 6) is 1.07. The summed E-state index contributed by atoms with van der Waals surface area (Å²) in [5, 5.41) is 13.6. The highest BCUT2D eigenvalue weighted by Crippen LogP contribution is 2.30. The van der Waals surface area contributed by atoms with E-state index in [-0.39, 0.29) is 43.8 Å². The number of piperidine rings is 1. The molecule has 10 heteroatoms. The number of carbonyl (C=O) groups is 3. The number of likely N-dealkylation sites (tertiary alicyclic amines) is 2. The number of nitrogens with zero attached hydrogens (tertiary/aromatic N) is 3. The molecule has 1 aromatic carbocycles. The van der Waals surface area contributed by atoms with Gasteiger partial charge in [-0.1, -0.05) is 49.6 Å². The predicted molar refractivity (Wildman–Crippen MR) is 166 cm³/mol. The Balaban J connectivity index is 1.31. The number of amides is 3. The largest absolute Gasteiger partial charge is 0.444 e. The summed E-state index contributed by atoms with van der Waals surface area (Å²) in [7, 11) is 0. The van der Waals surface area contributed by atoms with E-state index in [1.807, 2.05) is 6.07 Å². The van der Waals surface area contributed by atoms with Crippen molar-refractivity contribution in [2.45, 2.75) is 109 Å². The van der Waals surface area contributed by atoms with Crippen LogP contribution in [0.3, 0.4) is 0 Å². The minimum Gasteiger partial charge on any atom is -0.444 e. The first-order chi connectivity index (χ1) is 20.1. The van der Waals surface area contributed by atoms with Crippen LogP contribution in [0.5, 0.6) is 0 Å². The number of rotatable bonds is 10. The zero-order valence-corrected chi connectivity index (χ0v) is 26.4. The molecule has 2 aliphatic heterocycles. The number of ether oxygens (including phenoxy) is 1. The van der Waals surface area contributed by atoms with Gasteiger partial charge < -0.3 is 15.2 Å². The predicted octanol–water partition coefficient (Wildman–Crippen LogP) is 4.58. The summed E-state index contributed by atoms with van der Waals surface area (Å²) in [6, 6.07) is 9.78. The van der Waals surface area contributed by atoms with Crippen LogP contribution in [0.4, 0.5) is 4.79 Å². The van der Waals surface area contributed by atoms with E-state index < -0.39 is 23.8 Å². The highest BCUT2D eigenvalue weighted by atomic mass is 32.2. The molecule has 2 heterocycles. The molecule has 9 nitrogen and oxygen atoms in total. The highest BCUT2D eigenvalue weighted by molar-refractivity contribution is 7.97. The van der Waals surface area contributed by atoms with Gasteiger partial charge in [-0.3, -0.25) is 23.7 Å². The Hall–Kier alpha value is -2.30. The maximum absolute atomic E-state index is 13.8. The van der Waals surface area contributed by atoms with E-state index in [1.54, 1.807) is 25.1 Å². The highest BCUT2D eigenvalue weighted by Gasteiger charge is 2.43. The third kappa shape index (κ3) is 10.2. The van der Waals surface area contributed by atoms with Crippen LogP contribution in [0, 0.1) is 5.92 Å². The number of aliphatic hydroxyl groups excluding tert-OH is 1. The topological polar surface area (TPSA) is 102 Å².